The highest BCUT2D eigenvalue weighted by Crippen LogP contribution is 2.31. The van der Waals surface area contributed by atoms with Gasteiger partial charge < -0.3 is 10.6 Å². The Kier molecular flexibility index (Phi) is 3.71. The second-order valence-electron chi connectivity index (χ2n) is 5.58. The Bertz CT molecular complexity index is 878. The van der Waals surface area contributed by atoms with Crippen molar-refractivity contribution in [1.82, 2.24) is 9.97 Å². The maximum absolute atomic E-state index is 6.21. The van der Waals surface area contributed by atoms with Crippen LogP contribution in [0.4, 0.5) is 17.5 Å². The largest absolute Gasteiger partial charge is 0.367 e. The highest BCUT2D eigenvalue weighted by Gasteiger charge is 2.22. The first-order valence-corrected chi connectivity index (χ1v) is 8.20. The number of hydrogen-bond donors (Lipinski definition) is 2. The summed E-state index contributed by atoms with van der Waals surface area (Å²) in [5.41, 5.74) is 1.61. The van der Waals surface area contributed by atoms with Crippen molar-refractivity contribution >= 4 is 51.6 Å². The first-order chi connectivity index (χ1) is 11.2. The van der Waals surface area contributed by atoms with Crippen LogP contribution in [0, 0.1) is 0 Å². The minimum atomic E-state index is 0.510. The van der Waals surface area contributed by atoms with Gasteiger partial charge in [0.2, 0.25) is 5.95 Å². The van der Waals surface area contributed by atoms with Crippen LogP contribution in [-0.2, 0) is 0 Å². The molecule has 116 valence electrons. The SMILES string of the molecule is Clc1ccc(Nc2nc(NC3CC3)c3ccccc3n2)c(Cl)c1. The van der Waals surface area contributed by atoms with E-state index in [-0.39, 0.29) is 0 Å². The fourth-order valence-corrected chi connectivity index (χ4v) is 2.83. The molecule has 0 unspecified atom stereocenters. The molecule has 0 amide bonds. The number of halogens is 2. The van der Waals surface area contributed by atoms with Gasteiger partial charge in [-0.25, -0.2) is 4.98 Å². The molecular weight excluding hydrogens is 331 g/mol. The molecular formula is C17H14Cl2N4. The van der Waals surface area contributed by atoms with Gasteiger partial charge in [-0.15, -0.1) is 0 Å². The average molecular weight is 345 g/mol. The monoisotopic (exact) mass is 344 g/mol. The maximum Gasteiger partial charge on any atom is 0.229 e. The number of hydrogen-bond acceptors (Lipinski definition) is 4. The summed E-state index contributed by atoms with van der Waals surface area (Å²) < 4.78 is 0. The van der Waals surface area contributed by atoms with E-state index in [0.717, 1.165) is 22.4 Å². The van der Waals surface area contributed by atoms with Gasteiger partial charge >= 0.3 is 0 Å². The zero-order chi connectivity index (χ0) is 15.8. The van der Waals surface area contributed by atoms with Crippen molar-refractivity contribution in [3.05, 3.63) is 52.5 Å². The van der Waals surface area contributed by atoms with Gasteiger partial charge in [-0.05, 0) is 43.2 Å². The lowest BCUT2D eigenvalue weighted by Gasteiger charge is -2.12. The van der Waals surface area contributed by atoms with Gasteiger partial charge in [0.25, 0.3) is 0 Å². The molecule has 3 aromatic rings. The normalized spacial score (nSPS) is 14.0. The van der Waals surface area contributed by atoms with Gasteiger partial charge in [-0.2, -0.15) is 4.98 Å². The van der Waals surface area contributed by atoms with E-state index in [4.69, 9.17) is 23.2 Å². The molecule has 1 aliphatic carbocycles. The fourth-order valence-electron chi connectivity index (χ4n) is 2.37. The molecule has 2 aromatic carbocycles. The molecule has 6 heteroatoms. The molecule has 0 atom stereocenters. The second kappa shape index (κ2) is 5.87. The molecule has 1 heterocycles. The van der Waals surface area contributed by atoms with Crippen molar-refractivity contribution in [2.24, 2.45) is 0 Å². The van der Waals surface area contributed by atoms with E-state index < -0.39 is 0 Å². The van der Waals surface area contributed by atoms with Gasteiger partial charge in [0.1, 0.15) is 5.82 Å². The molecule has 1 fully saturated rings. The van der Waals surface area contributed by atoms with Crippen molar-refractivity contribution in [1.29, 1.82) is 0 Å². The van der Waals surface area contributed by atoms with Gasteiger partial charge in [0.15, 0.2) is 0 Å². The van der Waals surface area contributed by atoms with E-state index in [2.05, 4.69) is 20.6 Å². The number of nitrogens with one attached hydrogen (secondary N) is 2. The second-order valence-corrected chi connectivity index (χ2v) is 6.42. The summed E-state index contributed by atoms with van der Waals surface area (Å²) in [5, 5.41) is 8.78. The lowest BCUT2D eigenvalue weighted by molar-refractivity contribution is 1.11. The molecule has 23 heavy (non-hydrogen) atoms. The van der Waals surface area contributed by atoms with Crippen LogP contribution >= 0.6 is 23.2 Å². The molecule has 2 N–H and O–H groups in total. The quantitative estimate of drug-likeness (QED) is 0.678. The summed E-state index contributed by atoms with van der Waals surface area (Å²) in [6.07, 6.45) is 2.37. The topological polar surface area (TPSA) is 49.8 Å². The van der Waals surface area contributed by atoms with E-state index in [1.165, 1.54) is 12.8 Å². The van der Waals surface area contributed by atoms with E-state index in [9.17, 15) is 0 Å². The van der Waals surface area contributed by atoms with Gasteiger partial charge in [0, 0.05) is 16.5 Å². The molecule has 0 saturated heterocycles. The highest BCUT2D eigenvalue weighted by atomic mass is 35.5. The van der Waals surface area contributed by atoms with Gasteiger partial charge in [-0.3, -0.25) is 0 Å². The third kappa shape index (κ3) is 3.19. The minimum Gasteiger partial charge on any atom is -0.367 e. The van der Waals surface area contributed by atoms with Crippen LogP contribution in [0.2, 0.25) is 10.0 Å². The predicted molar refractivity (Wildman–Crippen MR) is 95.9 cm³/mol. The molecule has 0 aliphatic heterocycles. The lowest BCUT2D eigenvalue weighted by atomic mass is 10.2. The number of aromatic nitrogens is 2. The van der Waals surface area contributed by atoms with E-state index in [1.807, 2.05) is 30.3 Å². The molecule has 0 spiro atoms. The van der Waals surface area contributed by atoms with Gasteiger partial charge in [-0.1, -0.05) is 35.3 Å². The minimum absolute atomic E-state index is 0.510. The van der Waals surface area contributed by atoms with Crippen LogP contribution in [0.25, 0.3) is 10.9 Å². The molecule has 4 rings (SSSR count). The summed E-state index contributed by atoms with van der Waals surface area (Å²) in [6, 6.07) is 13.8. The molecule has 1 aromatic heterocycles. The Morgan fingerprint density at radius 2 is 1.83 bits per heavy atom. The fraction of sp³-hybridized carbons (Fsp3) is 0.176. The van der Waals surface area contributed by atoms with Gasteiger partial charge in [0.05, 0.1) is 16.2 Å². The first kappa shape index (κ1) is 14.5. The van der Waals surface area contributed by atoms with E-state index in [1.54, 1.807) is 12.1 Å². The third-order valence-electron chi connectivity index (χ3n) is 3.70. The van der Waals surface area contributed by atoms with Crippen LogP contribution < -0.4 is 10.6 Å². The molecule has 1 saturated carbocycles. The summed E-state index contributed by atoms with van der Waals surface area (Å²) >= 11 is 12.1. The van der Waals surface area contributed by atoms with Crippen molar-refractivity contribution in [2.75, 3.05) is 10.6 Å². The molecule has 0 bridgehead atoms. The molecule has 0 radical (unpaired) electrons. The smallest absolute Gasteiger partial charge is 0.229 e. The van der Waals surface area contributed by atoms with Crippen molar-refractivity contribution in [3.8, 4) is 0 Å². The number of anilines is 3. The maximum atomic E-state index is 6.21. The third-order valence-corrected chi connectivity index (χ3v) is 4.25. The Morgan fingerprint density at radius 1 is 1.00 bits per heavy atom. The zero-order valence-electron chi connectivity index (χ0n) is 12.2. The van der Waals surface area contributed by atoms with E-state index >= 15 is 0 Å². The van der Waals surface area contributed by atoms with Crippen molar-refractivity contribution < 1.29 is 0 Å². The zero-order valence-corrected chi connectivity index (χ0v) is 13.7. The Labute approximate surface area is 143 Å². The predicted octanol–water partition coefficient (Wildman–Crippen LogP) is 5.25. The van der Waals surface area contributed by atoms with Crippen LogP contribution in [0.5, 0.6) is 0 Å². The summed E-state index contributed by atoms with van der Waals surface area (Å²) in [7, 11) is 0. The Morgan fingerprint density at radius 3 is 2.61 bits per heavy atom. The Balaban J connectivity index is 1.74. The van der Waals surface area contributed by atoms with E-state index in [0.29, 0.717) is 22.0 Å². The highest BCUT2D eigenvalue weighted by molar-refractivity contribution is 6.36. The number of nitrogens with zero attached hydrogens (tertiary/aromatic N) is 2. The van der Waals surface area contributed by atoms with Crippen molar-refractivity contribution in [3.63, 3.8) is 0 Å². The number of rotatable bonds is 4. The van der Waals surface area contributed by atoms with Crippen LogP contribution in [0.3, 0.4) is 0 Å². The molecule has 1 aliphatic rings. The standard InChI is InChI=1S/C17H14Cl2N4/c18-10-5-8-15(13(19)9-10)22-17-21-14-4-2-1-3-12(14)16(23-17)20-11-6-7-11/h1-5,8-9,11H,6-7H2,(H2,20,21,22,23). The Hall–Kier alpha value is -2.04. The summed E-state index contributed by atoms with van der Waals surface area (Å²) in [5.74, 6) is 1.36. The summed E-state index contributed by atoms with van der Waals surface area (Å²) in [6.45, 7) is 0. The number of para-hydroxylation sites is 1. The number of fused-ring (bicyclic) bond motifs is 1. The summed E-state index contributed by atoms with van der Waals surface area (Å²) in [4.78, 5) is 9.18. The first-order valence-electron chi connectivity index (χ1n) is 7.44. The number of benzene rings is 2. The lowest BCUT2D eigenvalue weighted by Crippen LogP contribution is -2.07. The average Bonchev–Trinajstić information content (AvgIpc) is 3.34. The van der Waals surface area contributed by atoms with Crippen molar-refractivity contribution in [2.45, 2.75) is 18.9 Å². The van der Waals surface area contributed by atoms with Crippen LogP contribution in [0.15, 0.2) is 42.5 Å². The molecule has 4 nitrogen and oxygen atoms in total. The van der Waals surface area contributed by atoms with Crippen LogP contribution in [-0.4, -0.2) is 16.0 Å². The van der Waals surface area contributed by atoms with Crippen LogP contribution in [0.1, 0.15) is 12.8 Å².